The molecular formula is C30H22O10S5. The molecule has 10 nitrogen and oxygen atoms in total. The van der Waals surface area contributed by atoms with E-state index in [1.165, 1.54) is 0 Å². The van der Waals surface area contributed by atoms with Crippen molar-refractivity contribution in [3.05, 3.63) is 10.8 Å². The molecule has 0 fully saturated rings. The Morgan fingerprint density at radius 3 is 0.844 bits per heavy atom. The summed E-state index contributed by atoms with van der Waals surface area (Å²) in [5.74, 6) is 7.29. The van der Waals surface area contributed by atoms with Crippen molar-refractivity contribution in [3.8, 4) is 96.5 Å². The van der Waals surface area contributed by atoms with E-state index in [-0.39, 0.29) is 0 Å². The molecule has 0 saturated heterocycles. The molecule has 0 amide bonds. The number of thiophene rings is 5. The summed E-state index contributed by atoms with van der Waals surface area (Å²) in [6, 6.07) is 0. The van der Waals surface area contributed by atoms with Crippen LogP contribution in [0.4, 0.5) is 0 Å². The quantitative estimate of drug-likeness (QED) is 0.187. The van der Waals surface area contributed by atoms with Crippen LogP contribution >= 0.6 is 56.7 Å². The van der Waals surface area contributed by atoms with Crippen LogP contribution in [0.5, 0.6) is 57.5 Å². The minimum Gasteiger partial charge on any atom is -0.485 e. The Morgan fingerprint density at radius 1 is 0.289 bits per heavy atom. The van der Waals surface area contributed by atoms with Crippen molar-refractivity contribution in [2.45, 2.75) is 0 Å². The van der Waals surface area contributed by atoms with Gasteiger partial charge in [0.25, 0.3) is 0 Å². The van der Waals surface area contributed by atoms with Crippen LogP contribution in [0.1, 0.15) is 0 Å². The fourth-order valence-corrected chi connectivity index (χ4v) is 11.7. The molecule has 0 aromatic carbocycles. The first-order valence-corrected chi connectivity index (χ1v) is 18.6. The van der Waals surface area contributed by atoms with E-state index < -0.39 is 0 Å². The summed E-state index contributed by atoms with van der Waals surface area (Å²) in [4.78, 5) is 7.55. The maximum Gasteiger partial charge on any atom is 0.181 e. The Kier molecular flexibility index (Phi) is 6.24. The Balaban J connectivity index is 1.15. The average Bonchev–Trinajstić information content (AvgIpc) is 3.92. The minimum absolute atomic E-state index is 0.448. The van der Waals surface area contributed by atoms with E-state index in [1.54, 1.807) is 56.7 Å². The molecule has 15 heteroatoms. The Bertz CT molecular complexity index is 1820. The number of hydrogen-bond donors (Lipinski definition) is 0. The van der Waals surface area contributed by atoms with Gasteiger partial charge in [0.2, 0.25) is 0 Å². The topological polar surface area (TPSA) is 92.3 Å². The smallest absolute Gasteiger partial charge is 0.181 e. The molecule has 5 aromatic heterocycles. The lowest BCUT2D eigenvalue weighted by atomic mass is 10.2. The van der Waals surface area contributed by atoms with E-state index in [4.69, 9.17) is 47.4 Å². The first kappa shape index (κ1) is 26.7. The third-order valence-electron chi connectivity index (χ3n) is 7.62. The van der Waals surface area contributed by atoms with E-state index >= 15 is 0 Å². The highest BCUT2D eigenvalue weighted by atomic mass is 32.1. The van der Waals surface area contributed by atoms with Gasteiger partial charge in [0.1, 0.15) is 66.1 Å². The molecule has 10 heterocycles. The molecule has 10 rings (SSSR count). The molecule has 5 aliphatic heterocycles. The van der Waals surface area contributed by atoms with Crippen molar-refractivity contribution in [1.29, 1.82) is 0 Å². The summed E-state index contributed by atoms with van der Waals surface area (Å²) in [5, 5.41) is 3.98. The van der Waals surface area contributed by atoms with Gasteiger partial charge in [-0.1, -0.05) is 0 Å². The second-order valence-corrected chi connectivity index (χ2v) is 15.1. The molecule has 0 aliphatic carbocycles. The number of fused-ring (bicyclic) bond motifs is 5. The molecule has 0 radical (unpaired) electrons. The summed E-state index contributed by atoms with van der Waals surface area (Å²) in [6.45, 7) is 4.84. The van der Waals surface area contributed by atoms with Gasteiger partial charge >= 0.3 is 0 Å². The van der Waals surface area contributed by atoms with Gasteiger partial charge in [0.15, 0.2) is 57.5 Å². The van der Waals surface area contributed by atoms with Crippen LogP contribution in [0.25, 0.3) is 39.0 Å². The van der Waals surface area contributed by atoms with Crippen LogP contribution in [-0.2, 0) is 0 Å². The predicted octanol–water partition coefficient (Wildman–Crippen LogP) is 7.52. The summed E-state index contributed by atoms with van der Waals surface area (Å²) in [5.41, 5.74) is 0. The largest absolute Gasteiger partial charge is 0.485 e. The first-order valence-electron chi connectivity index (χ1n) is 14.4. The fourth-order valence-electron chi connectivity index (χ4n) is 5.79. The molecule has 45 heavy (non-hydrogen) atoms. The molecule has 0 N–H and O–H groups in total. The lowest BCUT2D eigenvalue weighted by molar-refractivity contribution is 0.171. The molecule has 0 spiro atoms. The Labute approximate surface area is 276 Å². The maximum atomic E-state index is 6.34. The zero-order valence-electron chi connectivity index (χ0n) is 23.3. The van der Waals surface area contributed by atoms with Gasteiger partial charge in [-0.3, -0.25) is 0 Å². The van der Waals surface area contributed by atoms with Crippen LogP contribution in [0, 0.1) is 0 Å². The van der Waals surface area contributed by atoms with E-state index in [0.717, 1.165) is 73.5 Å². The average molecular weight is 703 g/mol. The number of rotatable bonds is 4. The standard InChI is InChI=1S/C30H22O10S5/c1-3-33-15-13(31-1)11-41-23(15)25-17-19(37-7-5-35-17)27(43-25)29-21-22(40-10-9-39-21)30(45-29)28-20-18(36-6-8-38-20)26(44-28)24-16-14(12-42-24)32-2-4-34-16/h11-12H,1-10H2. The van der Waals surface area contributed by atoms with Crippen molar-refractivity contribution in [2.75, 3.05) is 66.1 Å². The summed E-state index contributed by atoms with van der Waals surface area (Å²) in [7, 11) is 0. The highest BCUT2D eigenvalue weighted by molar-refractivity contribution is 7.30. The third kappa shape index (κ3) is 4.07. The molecule has 5 aliphatic rings. The normalized spacial score (nSPS) is 17.3. The summed E-state index contributed by atoms with van der Waals surface area (Å²) < 4.78 is 61.5. The maximum absolute atomic E-state index is 6.34. The van der Waals surface area contributed by atoms with Gasteiger partial charge < -0.3 is 47.4 Å². The van der Waals surface area contributed by atoms with Crippen LogP contribution in [-0.4, -0.2) is 66.1 Å². The van der Waals surface area contributed by atoms with Crippen LogP contribution < -0.4 is 47.4 Å². The number of hydrogen-bond acceptors (Lipinski definition) is 15. The highest BCUT2D eigenvalue weighted by Crippen LogP contribution is 2.66. The monoisotopic (exact) mass is 702 g/mol. The zero-order chi connectivity index (χ0) is 29.5. The molecule has 0 bridgehead atoms. The van der Waals surface area contributed by atoms with Crippen molar-refractivity contribution in [2.24, 2.45) is 0 Å². The van der Waals surface area contributed by atoms with E-state index in [2.05, 4.69) is 0 Å². The second-order valence-electron chi connectivity index (χ2n) is 10.3. The molecular weight excluding hydrogens is 681 g/mol. The SMILES string of the molecule is c1sc(-c2sc(-c3sc(-c4sc(-c5scc6c5OCCO6)c5c4OCCO5)c4c3OCCO4)c3c2OCCO3)c2c1OCCO2. The molecule has 0 saturated carbocycles. The van der Waals surface area contributed by atoms with Crippen molar-refractivity contribution in [1.82, 2.24) is 0 Å². The lowest BCUT2D eigenvalue weighted by Crippen LogP contribution is -2.16. The molecule has 5 aromatic rings. The Morgan fingerprint density at radius 2 is 0.533 bits per heavy atom. The fraction of sp³-hybridized carbons (Fsp3) is 0.333. The first-order chi connectivity index (χ1) is 22.3. The van der Waals surface area contributed by atoms with E-state index in [0.29, 0.717) is 89.1 Å². The van der Waals surface area contributed by atoms with Gasteiger partial charge in [-0.25, -0.2) is 0 Å². The highest BCUT2D eigenvalue weighted by Gasteiger charge is 2.38. The minimum atomic E-state index is 0.448. The number of ether oxygens (including phenoxy) is 10. The third-order valence-corrected chi connectivity index (χ3v) is 13.6. The summed E-state index contributed by atoms with van der Waals surface area (Å²) in [6.07, 6.45) is 0. The molecule has 0 unspecified atom stereocenters. The van der Waals surface area contributed by atoms with Crippen molar-refractivity contribution >= 4 is 56.7 Å². The second kappa shape index (κ2) is 10.5. The van der Waals surface area contributed by atoms with Gasteiger partial charge in [0, 0.05) is 10.8 Å². The summed E-state index contributed by atoms with van der Waals surface area (Å²) >= 11 is 7.98. The van der Waals surface area contributed by atoms with Gasteiger partial charge in [0.05, 0.1) is 39.0 Å². The van der Waals surface area contributed by atoms with Crippen LogP contribution in [0.2, 0.25) is 0 Å². The van der Waals surface area contributed by atoms with Gasteiger partial charge in [-0.2, -0.15) is 0 Å². The van der Waals surface area contributed by atoms with Gasteiger partial charge in [-0.05, 0) is 0 Å². The van der Waals surface area contributed by atoms with Crippen LogP contribution in [0.15, 0.2) is 10.8 Å². The Hall–Kier alpha value is -3.50. The molecule has 0 atom stereocenters. The van der Waals surface area contributed by atoms with Crippen molar-refractivity contribution < 1.29 is 47.4 Å². The molecule has 232 valence electrons. The van der Waals surface area contributed by atoms with Crippen molar-refractivity contribution in [3.63, 3.8) is 0 Å². The van der Waals surface area contributed by atoms with E-state index in [9.17, 15) is 0 Å². The zero-order valence-corrected chi connectivity index (χ0v) is 27.4. The predicted molar refractivity (Wildman–Crippen MR) is 173 cm³/mol. The van der Waals surface area contributed by atoms with Crippen LogP contribution in [0.3, 0.4) is 0 Å². The lowest BCUT2D eigenvalue weighted by Gasteiger charge is -2.19. The van der Waals surface area contributed by atoms with Gasteiger partial charge in [-0.15, -0.1) is 56.7 Å². The van der Waals surface area contributed by atoms with E-state index in [1.807, 2.05) is 10.8 Å².